The lowest BCUT2D eigenvalue weighted by Gasteiger charge is -2.10. The molecule has 1 N–H and O–H groups in total. The summed E-state index contributed by atoms with van der Waals surface area (Å²) in [6.45, 7) is 0.735. The van der Waals surface area contributed by atoms with E-state index in [0.29, 0.717) is 17.6 Å². The van der Waals surface area contributed by atoms with Crippen molar-refractivity contribution < 1.29 is 8.78 Å². The average Bonchev–Trinajstić information content (AvgIpc) is 2.65. The lowest BCUT2D eigenvalue weighted by atomic mass is 10.4. The first-order valence-corrected chi connectivity index (χ1v) is 5.97. The molecule has 0 aliphatic carbocycles. The topological polar surface area (TPSA) is 29.9 Å². The third-order valence-corrected chi connectivity index (χ3v) is 3.05. The zero-order valence-electron chi connectivity index (χ0n) is 8.78. The summed E-state index contributed by atoms with van der Waals surface area (Å²) in [6.07, 6.45) is 4.70. The number of nitrogens with zero attached hydrogens (tertiary/aromatic N) is 2. The van der Waals surface area contributed by atoms with E-state index < -0.39 is 6.55 Å². The Morgan fingerprint density at radius 1 is 1.60 bits per heavy atom. The molecule has 0 aliphatic rings. The minimum atomic E-state index is -2.51. The molecule has 1 rings (SSSR count). The quantitative estimate of drug-likeness (QED) is 0.819. The van der Waals surface area contributed by atoms with E-state index >= 15 is 0 Å². The lowest BCUT2D eigenvalue weighted by Crippen LogP contribution is -2.24. The van der Waals surface area contributed by atoms with Gasteiger partial charge in [0.1, 0.15) is 5.82 Å². The Bertz CT molecular complexity index is 291. The first-order valence-electron chi connectivity index (χ1n) is 4.68. The van der Waals surface area contributed by atoms with Crippen molar-refractivity contribution in [2.24, 2.45) is 0 Å². The molecule has 0 amide bonds. The molecule has 0 fully saturated rings. The molecule has 0 spiro atoms. The van der Waals surface area contributed by atoms with Gasteiger partial charge in [-0.05, 0) is 6.26 Å². The Morgan fingerprint density at radius 2 is 2.33 bits per heavy atom. The molecule has 1 unspecified atom stereocenters. The number of rotatable bonds is 6. The van der Waals surface area contributed by atoms with Crippen LogP contribution in [0.3, 0.4) is 0 Å². The average molecular weight is 235 g/mol. The molecule has 0 aliphatic heterocycles. The van der Waals surface area contributed by atoms with Crippen LogP contribution in [0.4, 0.5) is 8.78 Å². The highest BCUT2D eigenvalue weighted by Gasteiger charge is 2.10. The maximum atomic E-state index is 12.4. The van der Waals surface area contributed by atoms with Crippen molar-refractivity contribution in [3.63, 3.8) is 0 Å². The fourth-order valence-electron chi connectivity index (χ4n) is 1.13. The van der Waals surface area contributed by atoms with E-state index in [2.05, 4.69) is 17.2 Å². The van der Waals surface area contributed by atoms with E-state index in [9.17, 15) is 8.78 Å². The number of imidazole rings is 1. The van der Waals surface area contributed by atoms with Crippen molar-refractivity contribution in [1.82, 2.24) is 14.9 Å². The molecule has 0 bridgehead atoms. The third-order valence-electron chi connectivity index (χ3n) is 2.08. The van der Waals surface area contributed by atoms with Crippen molar-refractivity contribution in [2.75, 3.05) is 12.8 Å². The predicted molar refractivity (Wildman–Crippen MR) is 58.2 cm³/mol. The van der Waals surface area contributed by atoms with Crippen LogP contribution >= 0.6 is 11.8 Å². The number of aromatic nitrogens is 2. The van der Waals surface area contributed by atoms with Crippen molar-refractivity contribution in [3.05, 3.63) is 18.2 Å². The molecule has 15 heavy (non-hydrogen) atoms. The second-order valence-electron chi connectivity index (χ2n) is 3.21. The van der Waals surface area contributed by atoms with Crippen molar-refractivity contribution in [2.45, 2.75) is 25.3 Å². The molecule has 1 aromatic heterocycles. The summed E-state index contributed by atoms with van der Waals surface area (Å²) in [6, 6.07) is 0. The largest absolute Gasteiger partial charge is 0.319 e. The van der Waals surface area contributed by atoms with Gasteiger partial charge in [0.2, 0.25) is 0 Å². The van der Waals surface area contributed by atoms with E-state index in [1.54, 1.807) is 11.8 Å². The van der Waals surface area contributed by atoms with Gasteiger partial charge in [0.25, 0.3) is 0 Å². The number of alkyl halides is 2. The molecule has 0 saturated carbocycles. The van der Waals surface area contributed by atoms with Crippen LogP contribution in [0.25, 0.3) is 0 Å². The van der Waals surface area contributed by atoms with Gasteiger partial charge in [0.15, 0.2) is 0 Å². The van der Waals surface area contributed by atoms with Crippen LogP contribution in [-0.2, 0) is 6.54 Å². The fraction of sp³-hybridized carbons (Fsp3) is 0.667. The normalized spacial score (nSPS) is 13.4. The van der Waals surface area contributed by atoms with Crippen LogP contribution in [0.5, 0.6) is 0 Å². The molecular weight excluding hydrogens is 220 g/mol. The molecule has 1 heterocycles. The van der Waals surface area contributed by atoms with Gasteiger partial charge in [-0.15, -0.1) is 0 Å². The lowest BCUT2D eigenvalue weighted by molar-refractivity contribution is 0.0666. The van der Waals surface area contributed by atoms with E-state index in [0.717, 1.165) is 11.1 Å². The summed E-state index contributed by atoms with van der Waals surface area (Å²) >= 11 is 1.73. The van der Waals surface area contributed by atoms with Gasteiger partial charge in [0, 0.05) is 24.2 Å². The Labute approximate surface area is 92.3 Å². The Balaban J connectivity index is 2.40. The minimum Gasteiger partial charge on any atom is -0.309 e. The first kappa shape index (κ1) is 12.4. The van der Waals surface area contributed by atoms with Gasteiger partial charge in [-0.2, -0.15) is 20.5 Å². The van der Waals surface area contributed by atoms with Crippen LogP contribution in [0.1, 0.15) is 19.3 Å². The van der Waals surface area contributed by atoms with Gasteiger partial charge in [-0.3, -0.25) is 4.57 Å². The highest BCUT2D eigenvalue weighted by molar-refractivity contribution is 7.99. The molecule has 6 heteroatoms. The monoisotopic (exact) mass is 235 g/mol. The summed E-state index contributed by atoms with van der Waals surface area (Å²) in [7, 11) is 0. The molecule has 0 radical (unpaired) electrons. The molecule has 0 aromatic carbocycles. The van der Waals surface area contributed by atoms with Gasteiger partial charge in [0.05, 0.1) is 6.54 Å². The number of halogens is 2. The molecule has 1 atom stereocenters. The summed E-state index contributed by atoms with van der Waals surface area (Å²) in [4.78, 5) is 3.87. The number of hydrogen-bond donors (Lipinski definition) is 1. The molecule has 1 aromatic rings. The zero-order valence-corrected chi connectivity index (χ0v) is 9.60. The van der Waals surface area contributed by atoms with Crippen molar-refractivity contribution in [1.29, 1.82) is 0 Å². The molecule has 86 valence electrons. The summed E-state index contributed by atoms with van der Waals surface area (Å²) in [5.74, 6) is 0.373. The van der Waals surface area contributed by atoms with E-state index in [-0.39, 0.29) is 0 Å². The maximum absolute atomic E-state index is 12.4. The standard InChI is InChI=1S/C9H15F2N3S/c1-7(15-2)5-12-6-8-13-3-4-14(8)9(10)11/h3-4,7,9,12H,5-6H2,1-2H3. The summed E-state index contributed by atoms with van der Waals surface area (Å²) < 4.78 is 25.7. The second-order valence-corrected chi connectivity index (χ2v) is 4.48. The van der Waals surface area contributed by atoms with Crippen LogP contribution in [0.2, 0.25) is 0 Å². The van der Waals surface area contributed by atoms with Gasteiger partial charge < -0.3 is 5.32 Å². The van der Waals surface area contributed by atoms with Crippen LogP contribution in [0, 0.1) is 0 Å². The Morgan fingerprint density at radius 3 is 2.93 bits per heavy atom. The van der Waals surface area contributed by atoms with Gasteiger partial charge in [-0.25, -0.2) is 4.98 Å². The molecule has 3 nitrogen and oxygen atoms in total. The number of thioether (sulfide) groups is 1. The fourth-order valence-corrected chi connectivity index (χ4v) is 1.41. The van der Waals surface area contributed by atoms with Crippen LogP contribution in [0.15, 0.2) is 12.4 Å². The zero-order chi connectivity index (χ0) is 11.3. The van der Waals surface area contributed by atoms with Gasteiger partial charge >= 0.3 is 6.55 Å². The Kier molecular flexibility index (Phi) is 5.04. The van der Waals surface area contributed by atoms with Crippen LogP contribution < -0.4 is 5.32 Å². The molecule has 0 saturated heterocycles. The highest BCUT2D eigenvalue weighted by Crippen LogP contribution is 2.12. The SMILES string of the molecule is CSC(C)CNCc1nccn1C(F)F. The summed E-state index contributed by atoms with van der Waals surface area (Å²) in [5, 5.41) is 3.57. The number of hydrogen-bond acceptors (Lipinski definition) is 3. The molecular formula is C9H15F2N3S. The van der Waals surface area contributed by atoms with E-state index in [1.807, 2.05) is 6.26 Å². The van der Waals surface area contributed by atoms with Gasteiger partial charge in [-0.1, -0.05) is 6.92 Å². The van der Waals surface area contributed by atoms with Crippen LogP contribution in [-0.4, -0.2) is 27.6 Å². The van der Waals surface area contributed by atoms with Crippen molar-refractivity contribution in [3.8, 4) is 0 Å². The predicted octanol–water partition coefficient (Wildman–Crippen LogP) is 2.12. The smallest absolute Gasteiger partial charge is 0.309 e. The summed E-state index contributed by atoms with van der Waals surface area (Å²) in [5.41, 5.74) is 0. The van der Waals surface area contributed by atoms with E-state index in [4.69, 9.17) is 0 Å². The van der Waals surface area contributed by atoms with E-state index in [1.165, 1.54) is 12.4 Å². The first-order chi connectivity index (χ1) is 7.15. The van der Waals surface area contributed by atoms with Crippen molar-refractivity contribution >= 4 is 11.8 Å². The minimum absolute atomic E-state index is 0.373. The highest BCUT2D eigenvalue weighted by atomic mass is 32.2. The third kappa shape index (κ3) is 3.79. The Hall–Kier alpha value is -0.620. The second kappa shape index (κ2) is 6.07. The number of nitrogens with one attached hydrogen (secondary N) is 1. The maximum Gasteiger partial charge on any atom is 0.319 e.